The summed E-state index contributed by atoms with van der Waals surface area (Å²) in [5.74, 6) is -0.0629. The van der Waals surface area contributed by atoms with E-state index in [1.807, 2.05) is 38.1 Å². The minimum absolute atomic E-state index is 0.0629. The molecule has 1 aromatic carbocycles. The van der Waals surface area contributed by atoms with Crippen LogP contribution in [-0.4, -0.2) is 42.9 Å². The Hall–Kier alpha value is -2.14. The topological polar surface area (TPSA) is 51.4 Å². The molecular weight excluding hydrogens is 264 g/mol. The van der Waals surface area contributed by atoms with E-state index in [9.17, 15) is 4.79 Å². The number of aromatic nitrogens is 2. The van der Waals surface area contributed by atoms with Gasteiger partial charge in [0.2, 0.25) is 0 Å². The molecule has 0 unspecified atom stereocenters. The highest BCUT2D eigenvalue weighted by Gasteiger charge is 2.14. The van der Waals surface area contributed by atoms with Crippen LogP contribution in [0.15, 0.2) is 30.5 Å². The quantitative estimate of drug-likeness (QED) is 0.834. The molecule has 21 heavy (non-hydrogen) atoms. The van der Waals surface area contributed by atoms with E-state index < -0.39 is 0 Å². The monoisotopic (exact) mass is 287 g/mol. The number of rotatable bonds is 5. The summed E-state index contributed by atoms with van der Waals surface area (Å²) >= 11 is 0. The molecule has 0 spiro atoms. The SMILES string of the molecule is Cc1ccc(-n2ncc(C(=O)NCC[NH+](C)C)c2C)cc1. The van der Waals surface area contributed by atoms with E-state index in [0.29, 0.717) is 12.1 Å². The van der Waals surface area contributed by atoms with Gasteiger partial charge in [-0.3, -0.25) is 4.79 Å². The van der Waals surface area contributed by atoms with Crippen LogP contribution in [0, 0.1) is 13.8 Å². The number of carbonyl (C=O) groups is 1. The second kappa shape index (κ2) is 6.54. The summed E-state index contributed by atoms with van der Waals surface area (Å²) in [6.07, 6.45) is 1.63. The van der Waals surface area contributed by atoms with Crippen molar-refractivity contribution < 1.29 is 9.69 Å². The number of carbonyl (C=O) groups excluding carboxylic acids is 1. The average Bonchev–Trinajstić information content (AvgIpc) is 2.81. The lowest BCUT2D eigenvalue weighted by atomic mass is 10.2. The number of hydrogen-bond donors (Lipinski definition) is 2. The van der Waals surface area contributed by atoms with E-state index in [4.69, 9.17) is 0 Å². The summed E-state index contributed by atoms with van der Waals surface area (Å²) in [6.45, 7) is 5.53. The third-order valence-electron chi connectivity index (χ3n) is 3.44. The molecule has 0 aliphatic carbocycles. The molecule has 2 N–H and O–H groups in total. The Bertz CT molecular complexity index is 614. The van der Waals surface area contributed by atoms with Crippen LogP contribution in [0.25, 0.3) is 5.69 Å². The van der Waals surface area contributed by atoms with Gasteiger partial charge < -0.3 is 10.2 Å². The minimum Gasteiger partial charge on any atom is -0.346 e. The first-order chi connectivity index (χ1) is 9.99. The maximum Gasteiger partial charge on any atom is 0.254 e. The molecule has 0 aliphatic heterocycles. The number of hydrogen-bond acceptors (Lipinski definition) is 2. The van der Waals surface area contributed by atoms with Crippen LogP contribution < -0.4 is 10.2 Å². The van der Waals surface area contributed by atoms with E-state index >= 15 is 0 Å². The summed E-state index contributed by atoms with van der Waals surface area (Å²) in [4.78, 5) is 13.5. The van der Waals surface area contributed by atoms with Crippen LogP contribution in [0.3, 0.4) is 0 Å². The third-order valence-corrected chi connectivity index (χ3v) is 3.44. The van der Waals surface area contributed by atoms with Gasteiger partial charge in [-0.1, -0.05) is 17.7 Å². The second-order valence-corrected chi connectivity index (χ2v) is 5.60. The molecule has 5 heteroatoms. The molecule has 0 saturated carbocycles. The molecule has 1 aromatic heterocycles. The molecule has 2 rings (SSSR count). The highest BCUT2D eigenvalue weighted by molar-refractivity contribution is 5.95. The lowest BCUT2D eigenvalue weighted by molar-refractivity contribution is -0.856. The van der Waals surface area contributed by atoms with Crippen molar-refractivity contribution >= 4 is 5.91 Å². The van der Waals surface area contributed by atoms with Crippen molar-refractivity contribution in [1.29, 1.82) is 0 Å². The maximum absolute atomic E-state index is 12.2. The normalized spacial score (nSPS) is 10.9. The fourth-order valence-corrected chi connectivity index (χ4v) is 2.10. The first-order valence-electron chi connectivity index (χ1n) is 7.18. The van der Waals surface area contributed by atoms with Crippen molar-refractivity contribution in [3.05, 3.63) is 47.3 Å². The second-order valence-electron chi connectivity index (χ2n) is 5.60. The molecule has 5 nitrogen and oxygen atoms in total. The summed E-state index contributed by atoms with van der Waals surface area (Å²) in [5, 5.41) is 7.26. The Morgan fingerprint density at radius 3 is 2.52 bits per heavy atom. The Balaban J connectivity index is 2.13. The Labute approximate surface area is 125 Å². The maximum atomic E-state index is 12.2. The third kappa shape index (κ3) is 3.70. The van der Waals surface area contributed by atoms with E-state index in [1.165, 1.54) is 10.5 Å². The predicted octanol–water partition coefficient (Wildman–Crippen LogP) is 0.363. The van der Waals surface area contributed by atoms with Crippen LogP contribution in [0.1, 0.15) is 21.6 Å². The number of nitrogens with one attached hydrogen (secondary N) is 2. The van der Waals surface area contributed by atoms with Gasteiger partial charge in [-0.05, 0) is 26.0 Å². The van der Waals surface area contributed by atoms with E-state index in [1.54, 1.807) is 10.9 Å². The molecule has 1 heterocycles. The average molecular weight is 287 g/mol. The van der Waals surface area contributed by atoms with Gasteiger partial charge in [-0.25, -0.2) is 4.68 Å². The number of amides is 1. The summed E-state index contributed by atoms with van der Waals surface area (Å²) < 4.78 is 1.80. The standard InChI is InChI=1S/C16H22N4O/c1-12-5-7-14(8-6-12)20-13(2)15(11-18-20)16(21)17-9-10-19(3)4/h5-8,11H,9-10H2,1-4H3,(H,17,21)/p+1. The summed E-state index contributed by atoms with van der Waals surface area (Å²) in [7, 11) is 4.12. The number of likely N-dealkylation sites (N-methyl/N-ethyl adjacent to an activating group) is 1. The van der Waals surface area contributed by atoms with Gasteiger partial charge in [-0.15, -0.1) is 0 Å². The number of aryl methyl sites for hydroxylation is 1. The van der Waals surface area contributed by atoms with Gasteiger partial charge >= 0.3 is 0 Å². The van der Waals surface area contributed by atoms with Crippen LogP contribution >= 0.6 is 0 Å². The molecule has 2 aromatic rings. The minimum atomic E-state index is -0.0629. The lowest BCUT2D eigenvalue weighted by Gasteiger charge is -2.09. The van der Waals surface area contributed by atoms with Gasteiger partial charge in [0.05, 0.1) is 50.3 Å². The number of quaternary nitrogens is 1. The largest absolute Gasteiger partial charge is 0.346 e. The van der Waals surface area contributed by atoms with Gasteiger partial charge in [0.15, 0.2) is 0 Å². The van der Waals surface area contributed by atoms with Crippen LogP contribution in [-0.2, 0) is 0 Å². The molecule has 0 atom stereocenters. The summed E-state index contributed by atoms with van der Waals surface area (Å²) in [6, 6.07) is 8.09. The van der Waals surface area contributed by atoms with Gasteiger partial charge in [0, 0.05) is 0 Å². The number of benzene rings is 1. The Morgan fingerprint density at radius 2 is 1.90 bits per heavy atom. The van der Waals surface area contributed by atoms with Gasteiger partial charge in [-0.2, -0.15) is 5.10 Å². The van der Waals surface area contributed by atoms with Crippen molar-refractivity contribution in [2.75, 3.05) is 27.2 Å². The van der Waals surface area contributed by atoms with Crippen LogP contribution in [0.5, 0.6) is 0 Å². The highest BCUT2D eigenvalue weighted by atomic mass is 16.1. The van der Waals surface area contributed by atoms with Crippen molar-refractivity contribution in [2.24, 2.45) is 0 Å². The first-order valence-corrected chi connectivity index (χ1v) is 7.18. The van der Waals surface area contributed by atoms with Gasteiger partial charge in [0.1, 0.15) is 0 Å². The fourth-order valence-electron chi connectivity index (χ4n) is 2.10. The van der Waals surface area contributed by atoms with Gasteiger partial charge in [0.25, 0.3) is 5.91 Å². The number of nitrogens with zero attached hydrogens (tertiary/aromatic N) is 2. The Morgan fingerprint density at radius 1 is 1.24 bits per heavy atom. The van der Waals surface area contributed by atoms with E-state index in [2.05, 4.69) is 24.5 Å². The Kier molecular flexibility index (Phi) is 4.75. The lowest BCUT2D eigenvalue weighted by Crippen LogP contribution is -3.06. The van der Waals surface area contributed by atoms with Crippen LogP contribution in [0.4, 0.5) is 0 Å². The zero-order chi connectivity index (χ0) is 15.4. The molecule has 0 aliphatic rings. The van der Waals surface area contributed by atoms with E-state index in [-0.39, 0.29) is 5.91 Å². The molecule has 0 radical (unpaired) electrons. The molecule has 112 valence electrons. The van der Waals surface area contributed by atoms with Crippen molar-refractivity contribution in [2.45, 2.75) is 13.8 Å². The molecular formula is C16H23N4O+. The summed E-state index contributed by atoms with van der Waals surface area (Å²) in [5.41, 5.74) is 3.65. The smallest absolute Gasteiger partial charge is 0.254 e. The molecule has 1 amide bonds. The first kappa shape index (κ1) is 15.3. The zero-order valence-electron chi connectivity index (χ0n) is 13.1. The molecule has 0 fully saturated rings. The van der Waals surface area contributed by atoms with E-state index in [0.717, 1.165) is 17.9 Å². The zero-order valence-corrected chi connectivity index (χ0v) is 13.1. The molecule has 0 bridgehead atoms. The molecule has 0 saturated heterocycles. The van der Waals surface area contributed by atoms with Crippen LogP contribution in [0.2, 0.25) is 0 Å². The highest BCUT2D eigenvalue weighted by Crippen LogP contribution is 2.14. The predicted molar refractivity (Wildman–Crippen MR) is 83.0 cm³/mol. The van der Waals surface area contributed by atoms with Crippen molar-refractivity contribution in [3.8, 4) is 5.69 Å². The van der Waals surface area contributed by atoms with Crippen molar-refractivity contribution in [1.82, 2.24) is 15.1 Å². The fraction of sp³-hybridized carbons (Fsp3) is 0.375. The van der Waals surface area contributed by atoms with Crippen molar-refractivity contribution in [3.63, 3.8) is 0 Å².